The van der Waals surface area contributed by atoms with Gasteiger partial charge in [-0.15, -0.1) is 13.2 Å². The number of nitrogens with zero attached hydrogens (tertiary/aromatic N) is 2. The van der Waals surface area contributed by atoms with Crippen molar-refractivity contribution < 1.29 is 37.0 Å². The Bertz CT molecular complexity index is 1040. The molecule has 2 aromatic rings. The lowest BCUT2D eigenvalue weighted by Crippen LogP contribution is -2.43. The molecule has 8 nitrogen and oxygen atoms in total. The van der Waals surface area contributed by atoms with E-state index in [9.17, 15) is 27.6 Å². The van der Waals surface area contributed by atoms with Gasteiger partial charge in [-0.05, 0) is 42.3 Å². The molecule has 1 heterocycles. The minimum Gasteiger partial charge on any atom is -0.497 e. The lowest BCUT2D eigenvalue weighted by atomic mass is 9.92. The van der Waals surface area contributed by atoms with Crippen LogP contribution in [-0.2, 0) is 21.7 Å². The fraction of sp³-hybridized carbons (Fsp3) is 0.318. The Kier molecular flexibility index (Phi) is 6.52. The number of carbonyl (C=O) groups excluding carboxylic acids is 3. The van der Waals surface area contributed by atoms with Crippen LogP contribution in [-0.4, -0.2) is 54.7 Å². The number of nitrogens with one attached hydrogen (secondary N) is 1. The molecule has 0 spiro atoms. The van der Waals surface area contributed by atoms with E-state index < -0.39 is 36.3 Å². The van der Waals surface area contributed by atoms with Crippen molar-refractivity contribution in [3.05, 3.63) is 59.7 Å². The van der Waals surface area contributed by atoms with Gasteiger partial charge in [0.05, 0.1) is 7.11 Å². The number of carbonyl (C=O) groups is 3. The maximum Gasteiger partial charge on any atom is 0.573 e. The number of likely N-dealkylation sites (N-methyl/N-ethyl adjacent to an activating group) is 1. The minimum absolute atomic E-state index is 0.0600. The number of amides is 4. The first-order valence-corrected chi connectivity index (χ1v) is 9.80. The van der Waals surface area contributed by atoms with Crippen LogP contribution in [0.5, 0.6) is 11.5 Å². The predicted octanol–water partition coefficient (Wildman–Crippen LogP) is 3.02. The zero-order valence-electron chi connectivity index (χ0n) is 18.1. The number of ether oxygens (including phenoxy) is 2. The number of imide groups is 1. The monoisotopic (exact) mass is 465 g/mol. The van der Waals surface area contributed by atoms with E-state index in [4.69, 9.17) is 4.74 Å². The van der Waals surface area contributed by atoms with Crippen LogP contribution in [0.15, 0.2) is 48.5 Å². The lowest BCUT2D eigenvalue weighted by Gasteiger charge is -2.23. The Balaban J connectivity index is 1.64. The van der Waals surface area contributed by atoms with E-state index in [0.717, 1.165) is 17.0 Å². The Morgan fingerprint density at radius 3 is 2.18 bits per heavy atom. The highest BCUT2D eigenvalue weighted by Gasteiger charge is 2.49. The summed E-state index contributed by atoms with van der Waals surface area (Å²) in [6.07, 6.45) is -4.79. The van der Waals surface area contributed by atoms with E-state index in [1.807, 2.05) is 0 Å². The number of urea groups is 1. The van der Waals surface area contributed by atoms with Crippen LogP contribution in [0.2, 0.25) is 0 Å². The highest BCUT2D eigenvalue weighted by molar-refractivity contribution is 6.09. The number of rotatable bonds is 7. The molecule has 1 aliphatic heterocycles. The van der Waals surface area contributed by atoms with Crippen molar-refractivity contribution in [2.24, 2.45) is 0 Å². The second-order valence-electron chi connectivity index (χ2n) is 7.62. The molecule has 1 saturated heterocycles. The highest BCUT2D eigenvalue weighted by atomic mass is 19.4. The largest absolute Gasteiger partial charge is 0.573 e. The maximum atomic E-state index is 13.0. The summed E-state index contributed by atoms with van der Waals surface area (Å²) in [6.45, 7) is 1.13. The van der Waals surface area contributed by atoms with Crippen LogP contribution in [0.4, 0.5) is 18.0 Å². The third-order valence-corrected chi connectivity index (χ3v) is 5.24. The summed E-state index contributed by atoms with van der Waals surface area (Å²) >= 11 is 0. The van der Waals surface area contributed by atoms with Gasteiger partial charge in [-0.3, -0.25) is 14.5 Å². The first kappa shape index (κ1) is 23.9. The second kappa shape index (κ2) is 9.00. The third kappa shape index (κ3) is 5.36. The minimum atomic E-state index is -4.79. The lowest BCUT2D eigenvalue weighted by molar-refractivity contribution is -0.274. The smallest absolute Gasteiger partial charge is 0.497 e. The summed E-state index contributed by atoms with van der Waals surface area (Å²) < 4.78 is 45.7. The first-order valence-electron chi connectivity index (χ1n) is 9.80. The predicted molar refractivity (Wildman–Crippen MR) is 110 cm³/mol. The van der Waals surface area contributed by atoms with Gasteiger partial charge in [0.25, 0.3) is 5.91 Å². The van der Waals surface area contributed by atoms with Gasteiger partial charge in [-0.2, -0.15) is 0 Å². The number of hydrogen-bond acceptors (Lipinski definition) is 5. The van der Waals surface area contributed by atoms with Gasteiger partial charge in [0.1, 0.15) is 23.6 Å². The summed E-state index contributed by atoms with van der Waals surface area (Å²) in [5, 5.41) is 2.62. The fourth-order valence-corrected chi connectivity index (χ4v) is 3.38. The van der Waals surface area contributed by atoms with E-state index in [-0.39, 0.29) is 12.3 Å². The van der Waals surface area contributed by atoms with Gasteiger partial charge in [0, 0.05) is 13.6 Å². The molecule has 1 unspecified atom stereocenters. The Labute approximate surface area is 187 Å². The molecule has 0 radical (unpaired) electrons. The maximum absolute atomic E-state index is 13.0. The molecule has 1 fully saturated rings. The number of halogens is 3. The van der Waals surface area contributed by atoms with E-state index in [1.54, 1.807) is 31.2 Å². The third-order valence-electron chi connectivity index (χ3n) is 5.24. The molecule has 1 N–H and O–H groups in total. The zero-order chi connectivity index (χ0) is 24.4. The van der Waals surface area contributed by atoms with Crippen LogP contribution in [0.25, 0.3) is 0 Å². The molecule has 11 heteroatoms. The Morgan fingerprint density at radius 1 is 1.06 bits per heavy atom. The molecule has 2 aromatic carbocycles. The van der Waals surface area contributed by atoms with Crippen LogP contribution < -0.4 is 14.8 Å². The summed E-state index contributed by atoms with van der Waals surface area (Å²) in [4.78, 5) is 40.2. The summed E-state index contributed by atoms with van der Waals surface area (Å²) in [5.74, 6) is -0.885. The number of alkyl halides is 3. The quantitative estimate of drug-likeness (QED) is 0.636. The summed E-state index contributed by atoms with van der Waals surface area (Å²) in [7, 11) is 2.97. The average molecular weight is 465 g/mol. The first-order chi connectivity index (χ1) is 15.4. The summed E-state index contributed by atoms with van der Waals surface area (Å²) in [6, 6.07) is 11.0. The van der Waals surface area contributed by atoms with E-state index in [2.05, 4.69) is 10.1 Å². The van der Waals surface area contributed by atoms with Crippen molar-refractivity contribution >= 4 is 17.8 Å². The van der Waals surface area contributed by atoms with Gasteiger partial charge in [-0.25, -0.2) is 4.79 Å². The van der Waals surface area contributed by atoms with Crippen molar-refractivity contribution in [1.82, 2.24) is 15.1 Å². The van der Waals surface area contributed by atoms with Gasteiger partial charge < -0.3 is 19.7 Å². The fourth-order valence-electron chi connectivity index (χ4n) is 3.38. The van der Waals surface area contributed by atoms with Crippen LogP contribution >= 0.6 is 0 Å². The molecule has 0 bridgehead atoms. The zero-order valence-corrected chi connectivity index (χ0v) is 18.1. The van der Waals surface area contributed by atoms with Gasteiger partial charge in [0.15, 0.2) is 0 Å². The molecule has 1 aliphatic rings. The topological polar surface area (TPSA) is 88.2 Å². The number of hydrogen-bond donors (Lipinski definition) is 1. The molecular weight excluding hydrogens is 443 g/mol. The van der Waals surface area contributed by atoms with Crippen LogP contribution in [0.1, 0.15) is 18.1 Å². The number of methoxy groups -OCH3 is 1. The molecule has 0 saturated carbocycles. The van der Waals surface area contributed by atoms with Crippen molar-refractivity contribution in [3.63, 3.8) is 0 Å². The molecular formula is C22H22F3N3O5. The molecule has 4 amide bonds. The molecule has 176 valence electrons. The van der Waals surface area contributed by atoms with E-state index in [0.29, 0.717) is 16.9 Å². The normalized spacial score (nSPS) is 18.2. The Hall–Kier alpha value is -3.76. The standard InChI is InChI=1S/C22H22F3N3O5/c1-21(15-6-10-16(32-3)11-7-15)19(30)28(20(31)26-21)13-18(29)27(2)12-14-4-8-17(9-5-14)33-22(23,24)25/h4-11H,12-13H2,1-3H3,(H,26,31). The molecule has 3 rings (SSSR count). The van der Waals surface area contributed by atoms with Crippen molar-refractivity contribution in [2.75, 3.05) is 20.7 Å². The van der Waals surface area contributed by atoms with Crippen LogP contribution in [0, 0.1) is 0 Å². The van der Waals surface area contributed by atoms with Gasteiger partial charge in [-0.1, -0.05) is 24.3 Å². The molecule has 1 atom stereocenters. The van der Waals surface area contributed by atoms with E-state index >= 15 is 0 Å². The van der Waals surface area contributed by atoms with Gasteiger partial charge in [0.2, 0.25) is 5.91 Å². The van der Waals surface area contributed by atoms with Crippen molar-refractivity contribution in [2.45, 2.75) is 25.4 Å². The van der Waals surface area contributed by atoms with Crippen LogP contribution in [0.3, 0.4) is 0 Å². The average Bonchev–Trinajstić information content (AvgIpc) is 2.98. The van der Waals surface area contributed by atoms with E-state index in [1.165, 1.54) is 31.2 Å². The molecule has 0 aliphatic carbocycles. The second-order valence-corrected chi connectivity index (χ2v) is 7.62. The number of benzene rings is 2. The van der Waals surface area contributed by atoms with Crippen molar-refractivity contribution in [1.29, 1.82) is 0 Å². The summed E-state index contributed by atoms with van der Waals surface area (Å²) in [5.41, 5.74) is -0.261. The highest BCUT2D eigenvalue weighted by Crippen LogP contribution is 2.30. The molecule has 33 heavy (non-hydrogen) atoms. The van der Waals surface area contributed by atoms with Gasteiger partial charge >= 0.3 is 12.4 Å². The van der Waals surface area contributed by atoms with Crippen molar-refractivity contribution in [3.8, 4) is 11.5 Å². The Morgan fingerprint density at radius 2 is 1.64 bits per heavy atom. The molecule has 0 aromatic heterocycles. The SMILES string of the molecule is COc1ccc(C2(C)NC(=O)N(CC(=O)N(C)Cc3ccc(OC(F)(F)F)cc3)C2=O)cc1.